The molecule has 0 saturated carbocycles. The zero-order chi connectivity index (χ0) is 29.9. The van der Waals surface area contributed by atoms with Gasteiger partial charge in [0.25, 0.3) is 0 Å². The Morgan fingerprint density at radius 2 is 1.60 bits per heavy atom. The van der Waals surface area contributed by atoms with E-state index in [4.69, 9.17) is 34.9 Å². The van der Waals surface area contributed by atoms with Crippen molar-refractivity contribution in [2.24, 2.45) is 0 Å². The Balaban J connectivity index is 0.000000371. The average Bonchev–Trinajstić information content (AvgIpc) is 3.40. The van der Waals surface area contributed by atoms with E-state index in [9.17, 15) is 28.3 Å². The molecule has 9 N–H and O–H groups in total. The van der Waals surface area contributed by atoms with Gasteiger partial charge in [0.05, 0.1) is 24.3 Å². The van der Waals surface area contributed by atoms with Crippen LogP contribution in [-0.2, 0) is 36.1 Å². The van der Waals surface area contributed by atoms with Gasteiger partial charge in [-0.05, 0) is 12.1 Å². The SMILES string of the molecule is Nc1ncnc2c1ncn2[C@@H]1O[C@H](COP(=O)(O)OP(=O)(O)OP(=O)(O)O)C[C@H]1O.O=P(O)(O)c1ccccc1. The largest absolute Gasteiger partial charge is 0.490 e. The van der Waals surface area contributed by atoms with Crippen molar-refractivity contribution in [2.45, 2.75) is 24.9 Å². The molecule has 0 amide bonds. The lowest BCUT2D eigenvalue weighted by atomic mass is 10.2. The maximum atomic E-state index is 11.8. The van der Waals surface area contributed by atoms with Crippen molar-refractivity contribution in [3.05, 3.63) is 43.0 Å². The van der Waals surface area contributed by atoms with E-state index >= 15 is 0 Å². The van der Waals surface area contributed by atoms with E-state index in [-0.39, 0.29) is 28.7 Å². The van der Waals surface area contributed by atoms with Crippen LogP contribution in [-0.4, -0.2) is 72.8 Å². The van der Waals surface area contributed by atoms with Crippen LogP contribution in [0.25, 0.3) is 11.2 Å². The molecule has 1 aliphatic rings. The first-order valence-electron chi connectivity index (χ1n) is 10.5. The fourth-order valence-electron chi connectivity index (χ4n) is 3.25. The Labute approximate surface area is 224 Å². The van der Waals surface area contributed by atoms with E-state index in [2.05, 4.69) is 28.1 Å². The smallest absolute Gasteiger partial charge is 0.388 e. The number of imidazole rings is 1. The first kappa shape index (κ1) is 32.6. The van der Waals surface area contributed by atoms with Crippen LogP contribution in [0.2, 0.25) is 0 Å². The number of nitrogen functional groups attached to an aromatic ring is 1. The third kappa shape index (κ3) is 9.29. The molecule has 5 atom stereocenters. The number of hydrogen-bond acceptors (Lipinski definition) is 13. The van der Waals surface area contributed by atoms with Gasteiger partial charge in [-0.25, -0.2) is 28.6 Å². The van der Waals surface area contributed by atoms with Crippen LogP contribution in [0.5, 0.6) is 0 Å². The summed E-state index contributed by atoms with van der Waals surface area (Å²) in [6.45, 7) is -0.693. The molecule has 1 aliphatic heterocycles. The number of aliphatic hydroxyl groups is 1. The van der Waals surface area contributed by atoms with Crippen LogP contribution in [0.3, 0.4) is 0 Å². The Morgan fingerprint density at radius 3 is 2.17 bits per heavy atom. The molecule has 3 heterocycles. The number of anilines is 1. The molecule has 222 valence electrons. The number of ether oxygens (including phenoxy) is 1. The molecule has 20 nitrogen and oxygen atoms in total. The number of rotatable bonds is 9. The lowest BCUT2D eigenvalue weighted by Gasteiger charge is -2.18. The van der Waals surface area contributed by atoms with Gasteiger partial charge >= 0.3 is 31.1 Å². The van der Waals surface area contributed by atoms with Gasteiger partial charge in [-0.2, -0.15) is 8.62 Å². The van der Waals surface area contributed by atoms with Gasteiger partial charge in [0.15, 0.2) is 17.7 Å². The van der Waals surface area contributed by atoms with Crippen molar-refractivity contribution in [1.82, 2.24) is 19.5 Å². The van der Waals surface area contributed by atoms with E-state index in [1.165, 1.54) is 29.4 Å². The van der Waals surface area contributed by atoms with Gasteiger partial charge in [-0.15, -0.1) is 0 Å². The molecule has 0 radical (unpaired) electrons. The molecule has 24 heteroatoms. The highest BCUT2D eigenvalue weighted by Gasteiger charge is 2.42. The summed E-state index contributed by atoms with van der Waals surface area (Å²) in [4.78, 5) is 64.6. The van der Waals surface area contributed by atoms with Crippen molar-refractivity contribution in [3.63, 3.8) is 0 Å². The minimum absolute atomic E-state index is 0.0648. The van der Waals surface area contributed by atoms with Crippen molar-refractivity contribution in [2.75, 3.05) is 12.3 Å². The zero-order valence-corrected chi connectivity index (χ0v) is 23.3. The fraction of sp³-hybridized carbons (Fsp3) is 0.312. The van der Waals surface area contributed by atoms with Crippen molar-refractivity contribution in [1.29, 1.82) is 0 Å². The van der Waals surface area contributed by atoms with E-state index in [0.29, 0.717) is 0 Å². The number of phosphoric acid groups is 3. The summed E-state index contributed by atoms with van der Waals surface area (Å²) in [6.07, 6.45) is -0.711. The standard InChI is InChI=1S/C10H16N5O12P3.C6H7O3P/c11-8-7-9(13-3-12-8)15(4-14-7)10-6(16)1-5(25-10)2-24-29(20,21)27-30(22,23)26-28(17,18)19;7-10(8,9)6-4-2-1-3-5-6/h3-6,10,16H,1-2H2,(H,20,21)(H,22,23)(H2,11,12,13)(H2,17,18,19);1-5H,(H2,7,8,9)/t5-,6+,10+;/m0./s1. The monoisotopic (exact) mass is 649 g/mol. The van der Waals surface area contributed by atoms with E-state index < -0.39 is 56.1 Å². The predicted octanol–water partition coefficient (Wildman–Crippen LogP) is -0.110. The number of fused-ring (bicyclic) bond motifs is 1. The normalized spacial score (nSPS) is 22.7. The lowest BCUT2D eigenvalue weighted by molar-refractivity contribution is -0.0481. The molecule has 2 aromatic heterocycles. The van der Waals surface area contributed by atoms with Gasteiger partial charge < -0.3 is 44.9 Å². The molecule has 0 spiro atoms. The number of aliphatic hydroxyl groups excluding tert-OH is 1. The number of benzene rings is 1. The summed E-state index contributed by atoms with van der Waals surface area (Å²) in [6, 6.07) is 7.70. The van der Waals surface area contributed by atoms with Gasteiger partial charge in [-0.3, -0.25) is 13.7 Å². The summed E-state index contributed by atoms with van der Waals surface area (Å²) in [7, 11) is -20.4. The Kier molecular flexibility index (Phi) is 10.2. The molecule has 0 aliphatic carbocycles. The van der Waals surface area contributed by atoms with Gasteiger partial charge in [0, 0.05) is 6.42 Å². The van der Waals surface area contributed by atoms with Crippen molar-refractivity contribution >= 4 is 53.4 Å². The van der Waals surface area contributed by atoms with Gasteiger partial charge in [0.2, 0.25) is 0 Å². The quantitative estimate of drug-likeness (QED) is 0.140. The third-order valence-corrected chi connectivity index (χ3v) is 9.53. The number of hydrogen-bond donors (Lipinski definition) is 8. The molecule has 1 saturated heterocycles. The van der Waals surface area contributed by atoms with Crippen LogP contribution in [0, 0.1) is 0 Å². The molecule has 40 heavy (non-hydrogen) atoms. The summed E-state index contributed by atoms with van der Waals surface area (Å²) in [5.41, 5.74) is 6.22. The summed E-state index contributed by atoms with van der Waals surface area (Å²) in [5.74, 6) is 0.107. The van der Waals surface area contributed by atoms with Gasteiger partial charge in [0.1, 0.15) is 17.9 Å². The summed E-state index contributed by atoms with van der Waals surface area (Å²) in [5, 5.41) is 10.3. The average molecular weight is 649 g/mol. The number of phosphoric ester groups is 1. The maximum Gasteiger partial charge on any atom is 0.490 e. The van der Waals surface area contributed by atoms with Gasteiger partial charge in [-0.1, -0.05) is 18.2 Å². The first-order valence-corrected chi connectivity index (χ1v) is 16.7. The predicted molar refractivity (Wildman–Crippen MR) is 132 cm³/mol. The molecule has 1 aromatic carbocycles. The number of aromatic nitrogens is 4. The van der Waals surface area contributed by atoms with Crippen LogP contribution in [0.1, 0.15) is 12.6 Å². The van der Waals surface area contributed by atoms with E-state index in [1.54, 1.807) is 18.2 Å². The molecular formula is C16H23N5O15P4. The highest BCUT2D eigenvalue weighted by Crippen LogP contribution is 2.66. The van der Waals surface area contributed by atoms with Crippen molar-refractivity contribution < 1.29 is 70.6 Å². The van der Waals surface area contributed by atoms with Crippen LogP contribution in [0.15, 0.2) is 43.0 Å². The Morgan fingerprint density at radius 1 is 0.950 bits per heavy atom. The number of nitrogens with zero attached hydrogens (tertiary/aromatic N) is 4. The zero-order valence-electron chi connectivity index (χ0n) is 19.7. The minimum Gasteiger partial charge on any atom is -0.388 e. The molecular weight excluding hydrogens is 626 g/mol. The second kappa shape index (κ2) is 12.5. The highest BCUT2D eigenvalue weighted by molar-refractivity contribution is 7.66. The number of nitrogens with two attached hydrogens (primary N) is 1. The molecule has 1 fully saturated rings. The topological polar surface area (TPSA) is 316 Å². The third-order valence-electron chi connectivity index (χ3n) is 4.76. The van der Waals surface area contributed by atoms with E-state index in [1.807, 2.05) is 0 Å². The lowest BCUT2D eigenvalue weighted by Crippen LogP contribution is -2.19. The Bertz CT molecular complexity index is 1510. The Hall–Kier alpha value is -1.95. The summed E-state index contributed by atoms with van der Waals surface area (Å²) >= 11 is 0. The first-order chi connectivity index (χ1) is 18.4. The molecule has 3 aromatic rings. The van der Waals surface area contributed by atoms with E-state index in [0.717, 1.165) is 0 Å². The van der Waals surface area contributed by atoms with Crippen molar-refractivity contribution in [3.8, 4) is 0 Å². The molecule has 4 rings (SSSR count). The van der Waals surface area contributed by atoms with Crippen LogP contribution < -0.4 is 11.0 Å². The summed E-state index contributed by atoms with van der Waals surface area (Å²) < 4.78 is 62.8. The molecule has 2 unspecified atom stereocenters. The van der Waals surface area contributed by atoms with Crippen LogP contribution in [0.4, 0.5) is 5.82 Å². The fourth-order valence-corrected chi connectivity index (χ4v) is 6.86. The highest BCUT2D eigenvalue weighted by atomic mass is 31.3. The molecule has 0 bridgehead atoms. The second-order valence-corrected chi connectivity index (χ2v) is 13.8. The second-order valence-electron chi connectivity index (χ2n) is 7.80. The van der Waals surface area contributed by atoms with Crippen LogP contribution >= 0.6 is 31.1 Å². The maximum absolute atomic E-state index is 11.8. The minimum atomic E-state index is -5.62.